The van der Waals surface area contributed by atoms with Crippen molar-refractivity contribution >= 4 is 13.1 Å². The summed E-state index contributed by atoms with van der Waals surface area (Å²) in [7, 11) is -0.253. The van der Waals surface area contributed by atoms with Crippen molar-refractivity contribution in [2.24, 2.45) is 5.92 Å². The Bertz CT molecular complexity index is 324. The molecular formula is C13H23BO4. The summed E-state index contributed by atoms with van der Waals surface area (Å²) in [5.41, 5.74) is -0.651. The highest BCUT2D eigenvalue weighted by Gasteiger charge is 2.54. The summed E-state index contributed by atoms with van der Waals surface area (Å²) >= 11 is 0. The molecular weight excluding hydrogens is 231 g/mol. The van der Waals surface area contributed by atoms with Crippen LogP contribution < -0.4 is 0 Å². The molecule has 2 aliphatic rings. The topological polar surface area (TPSA) is 55.8 Å². The summed E-state index contributed by atoms with van der Waals surface area (Å²) in [6.07, 6.45) is 3.41. The summed E-state index contributed by atoms with van der Waals surface area (Å²) in [6.45, 7) is 8.13. The lowest BCUT2D eigenvalue weighted by Gasteiger charge is -2.32. The van der Waals surface area contributed by atoms with E-state index in [1.54, 1.807) is 0 Å². The van der Waals surface area contributed by atoms with Gasteiger partial charge in [-0.2, -0.15) is 0 Å². The molecule has 2 fully saturated rings. The highest BCUT2D eigenvalue weighted by atomic mass is 16.7. The molecule has 2 rings (SSSR count). The van der Waals surface area contributed by atoms with E-state index in [1.807, 2.05) is 27.7 Å². The molecule has 2 unspecified atom stereocenters. The zero-order valence-electron chi connectivity index (χ0n) is 11.7. The first-order valence-corrected chi connectivity index (χ1v) is 6.81. The molecule has 102 valence electrons. The monoisotopic (exact) mass is 254 g/mol. The normalized spacial score (nSPS) is 34.6. The van der Waals surface area contributed by atoms with Crippen LogP contribution in [-0.4, -0.2) is 29.4 Å². The second-order valence-electron chi connectivity index (χ2n) is 6.59. The quantitative estimate of drug-likeness (QED) is 0.770. The van der Waals surface area contributed by atoms with E-state index in [0.29, 0.717) is 6.42 Å². The molecule has 1 aliphatic heterocycles. The molecule has 1 heterocycles. The van der Waals surface area contributed by atoms with Crippen molar-refractivity contribution in [2.75, 3.05) is 0 Å². The number of rotatable bonds is 2. The third-order valence-corrected chi connectivity index (χ3v) is 4.72. The molecule has 0 bridgehead atoms. The lowest BCUT2D eigenvalue weighted by atomic mass is 9.62. The van der Waals surface area contributed by atoms with Crippen LogP contribution in [-0.2, 0) is 14.1 Å². The van der Waals surface area contributed by atoms with Gasteiger partial charge < -0.3 is 14.4 Å². The zero-order chi connectivity index (χ0) is 13.6. The predicted molar refractivity (Wildman–Crippen MR) is 69.4 cm³/mol. The van der Waals surface area contributed by atoms with Gasteiger partial charge in [0.1, 0.15) is 0 Å². The van der Waals surface area contributed by atoms with Crippen LogP contribution >= 0.6 is 0 Å². The number of hydrogen-bond donors (Lipinski definition) is 1. The molecule has 0 aromatic carbocycles. The maximum Gasteiger partial charge on any atom is 0.461 e. The van der Waals surface area contributed by atoms with Crippen molar-refractivity contribution in [1.82, 2.24) is 0 Å². The van der Waals surface area contributed by atoms with E-state index >= 15 is 0 Å². The third-order valence-electron chi connectivity index (χ3n) is 4.72. The average Bonchev–Trinajstić information content (AvgIpc) is 2.48. The summed E-state index contributed by atoms with van der Waals surface area (Å²) in [4.78, 5) is 11.1. The van der Waals surface area contributed by atoms with E-state index < -0.39 is 5.97 Å². The molecule has 4 nitrogen and oxygen atoms in total. The summed E-state index contributed by atoms with van der Waals surface area (Å²) < 4.78 is 12.0. The van der Waals surface area contributed by atoms with Crippen LogP contribution in [0.25, 0.3) is 0 Å². The molecule has 18 heavy (non-hydrogen) atoms. The fourth-order valence-electron chi connectivity index (χ4n) is 2.78. The van der Waals surface area contributed by atoms with Crippen molar-refractivity contribution < 1.29 is 19.2 Å². The predicted octanol–water partition coefficient (Wildman–Crippen LogP) is 2.72. The molecule has 0 amide bonds. The average molecular weight is 254 g/mol. The first kappa shape index (κ1) is 13.9. The van der Waals surface area contributed by atoms with E-state index in [0.717, 1.165) is 19.3 Å². The van der Waals surface area contributed by atoms with Crippen molar-refractivity contribution in [3.63, 3.8) is 0 Å². The van der Waals surface area contributed by atoms with Crippen LogP contribution in [0, 0.1) is 5.92 Å². The van der Waals surface area contributed by atoms with Gasteiger partial charge in [-0.3, -0.25) is 4.79 Å². The van der Waals surface area contributed by atoms with E-state index in [-0.39, 0.29) is 30.1 Å². The second kappa shape index (κ2) is 4.53. The Morgan fingerprint density at radius 3 is 2.22 bits per heavy atom. The van der Waals surface area contributed by atoms with Crippen molar-refractivity contribution in [3.8, 4) is 0 Å². The molecule has 5 heteroatoms. The number of carbonyl (C=O) groups is 1. The van der Waals surface area contributed by atoms with Crippen LogP contribution in [0.15, 0.2) is 0 Å². The number of carboxylic acid groups (broad SMARTS) is 1. The molecule has 0 radical (unpaired) electrons. The van der Waals surface area contributed by atoms with Gasteiger partial charge in [-0.05, 0) is 46.4 Å². The van der Waals surface area contributed by atoms with Gasteiger partial charge in [0.15, 0.2) is 0 Å². The second-order valence-corrected chi connectivity index (χ2v) is 6.59. The third kappa shape index (κ3) is 2.43. The molecule has 0 aromatic rings. The van der Waals surface area contributed by atoms with Gasteiger partial charge in [-0.15, -0.1) is 0 Å². The van der Waals surface area contributed by atoms with Gasteiger partial charge in [0.2, 0.25) is 0 Å². The van der Waals surface area contributed by atoms with Gasteiger partial charge in [0.05, 0.1) is 17.1 Å². The highest BCUT2D eigenvalue weighted by Crippen LogP contribution is 2.45. The van der Waals surface area contributed by atoms with Crippen LogP contribution in [0.1, 0.15) is 53.4 Å². The Hall–Kier alpha value is -0.545. The van der Waals surface area contributed by atoms with Crippen molar-refractivity contribution in [2.45, 2.75) is 70.4 Å². The first-order chi connectivity index (χ1) is 8.23. The van der Waals surface area contributed by atoms with E-state index in [2.05, 4.69) is 0 Å². The zero-order valence-corrected chi connectivity index (χ0v) is 11.7. The minimum Gasteiger partial charge on any atom is -0.481 e. The van der Waals surface area contributed by atoms with Crippen LogP contribution in [0.2, 0.25) is 5.82 Å². The minimum atomic E-state index is -0.684. The Morgan fingerprint density at radius 1 is 1.17 bits per heavy atom. The fourth-order valence-corrected chi connectivity index (χ4v) is 2.78. The van der Waals surface area contributed by atoms with Gasteiger partial charge in [-0.1, -0.05) is 12.8 Å². The standard InChI is InChI=1S/C13H23BO4/c1-12(2)13(3,4)18-14(17-12)10-7-5-6-9(8-10)11(15)16/h9-10H,5-8H2,1-4H3,(H,15,16). The lowest BCUT2D eigenvalue weighted by Crippen LogP contribution is -2.41. The fraction of sp³-hybridized carbons (Fsp3) is 0.923. The first-order valence-electron chi connectivity index (χ1n) is 6.81. The van der Waals surface area contributed by atoms with Gasteiger partial charge in [-0.25, -0.2) is 0 Å². The van der Waals surface area contributed by atoms with E-state index in [1.165, 1.54) is 0 Å². The molecule has 1 saturated heterocycles. The number of hydrogen-bond acceptors (Lipinski definition) is 3. The van der Waals surface area contributed by atoms with Gasteiger partial charge in [0, 0.05) is 0 Å². The number of aliphatic carboxylic acids is 1. The molecule has 1 N–H and O–H groups in total. The van der Waals surface area contributed by atoms with Gasteiger partial charge in [0.25, 0.3) is 0 Å². The molecule has 0 aromatic heterocycles. The minimum absolute atomic E-state index is 0.209. The maximum absolute atomic E-state index is 11.1. The largest absolute Gasteiger partial charge is 0.481 e. The summed E-state index contributed by atoms with van der Waals surface area (Å²) in [6, 6.07) is 0. The summed E-state index contributed by atoms with van der Waals surface area (Å²) in [5.74, 6) is -0.708. The number of carboxylic acids is 1. The van der Waals surface area contributed by atoms with E-state index in [4.69, 9.17) is 14.4 Å². The molecule has 1 saturated carbocycles. The van der Waals surface area contributed by atoms with Crippen LogP contribution in [0.3, 0.4) is 0 Å². The Labute approximate surface area is 109 Å². The molecule has 1 aliphatic carbocycles. The van der Waals surface area contributed by atoms with Crippen LogP contribution in [0.5, 0.6) is 0 Å². The smallest absolute Gasteiger partial charge is 0.461 e. The SMILES string of the molecule is CC1(C)OB(C2CCCC(C(=O)O)C2)OC1(C)C. The van der Waals surface area contributed by atoms with Crippen LogP contribution in [0.4, 0.5) is 0 Å². The Kier molecular flexibility index (Phi) is 3.49. The Balaban J connectivity index is 2.03. The van der Waals surface area contributed by atoms with Crippen molar-refractivity contribution in [1.29, 1.82) is 0 Å². The molecule has 0 spiro atoms. The summed E-state index contributed by atoms with van der Waals surface area (Å²) in [5, 5.41) is 9.12. The lowest BCUT2D eigenvalue weighted by molar-refractivity contribution is -0.142. The Morgan fingerprint density at radius 2 is 1.72 bits per heavy atom. The van der Waals surface area contributed by atoms with E-state index in [9.17, 15) is 4.79 Å². The van der Waals surface area contributed by atoms with Crippen molar-refractivity contribution in [3.05, 3.63) is 0 Å². The van der Waals surface area contributed by atoms with Gasteiger partial charge >= 0.3 is 13.1 Å². The highest BCUT2D eigenvalue weighted by molar-refractivity contribution is 6.47. The maximum atomic E-state index is 11.1. The molecule has 2 atom stereocenters.